The number of nitrogens with zero attached hydrogens (tertiary/aromatic N) is 3. The summed E-state index contributed by atoms with van der Waals surface area (Å²) in [5.41, 5.74) is 6.89. The van der Waals surface area contributed by atoms with E-state index >= 15 is 0 Å². The molecule has 0 aliphatic carbocycles. The minimum atomic E-state index is -0.156. The van der Waals surface area contributed by atoms with E-state index in [1.807, 2.05) is 68.8 Å². The number of carbonyl (C=O) groups excluding carboxylic acids is 1. The zero-order valence-corrected chi connectivity index (χ0v) is 19.7. The van der Waals surface area contributed by atoms with Gasteiger partial charge in [-0.2, -0.15) is 5.10 Å². The van der Waals surface area contributed by atoms with Gasteiger partial charge in [0.1, 0.15) is 10.6 Å². The molecule has 0 radical (unpaired) electrons. The van der Waals surface area contributed by atoms with Gasteiger partial charge in [-0.25, -0.2) is 9.67 Å². The number of ether oxygens (including phenoxy) is 1. The lowest BCUT2D eigenvalue weighted by atomic mass is 10.0. The maximum absolute atomic E-state index is 12.9. The van der Waals surface area contributed by atoms with Crippen molar-refractivity contribution < 1.29 is 9.53 Å². The lowest BCUT2D eigenvalue weighted by molar-refractivity contribution is 0.103. The van der Waals surface area contributed by atoms with Crippen molar-refractivity contribution in [3.63, 3.8) is 0 Å². The highest BCUT2D eigenvalue weighted by Crippen LogP contribution is 2.27. The molecule has 2 aromatic heterocycles. The summed E-state index contributed by atoms with van der Waals surface area (Å²) in [5, 5.41) is 8.39. The molecular formula is C25H26N4O2S. The Hall–Kier alpha value is -3.45. The first-order valence-corrected chi connectivity index (χ1v) is 11.2. The zero-order chi connectivity index (χ0) is 22.8. The molecule has 0 fully saturated rings. The molecule has 1 amide bonds. The highest BCUT2D eigenvalue weighted by molar-refractivity contribution is 7.16. The molecule has 7 heteroatoms. The number of methoxy groups -OCH3 is 1. The van der Waals surface area contributed by atoms with Crippen LogP contribution in [0.4, 0.5) is 5.69 Å². The van der Waals surface area contributed by atoms with E-state index in [2.05, 4.69) is 22.4 Å². The molecule has 6 nitrogen and oxygen atoms in total. The van der Waals surface area contributed by atoms with Crippen molar-refractivity contribution in [2.75, 3.05) is 12.4 Å². The van der Waals surface area contributed by atoms with Gasteiger partial charge in [-0.1, -0.05) is 35.6 Å². The van der Waals surface area contributed by atoms with Crippen LogP contribution in [0, 0.1) is 27.7 Å². The molecule has 32 heavy (non-hydrogen) atoms. The quantitative estimate of drug-likeness (QED) is 0.430. The fourth-order valence-electron chi connectivity index (χ4n) is 3.66. The summed E-state index contributed by atoms with van der Waals surface area (Å²) in [4.78, 5) is 18.1. The van der Waals surface area contributed by atoms with Crippen molar-refractivity contribution in [3.05, 3.63) is 87.2 Å². The Morgan fingerprint density at radius 2 is 1.81 bits per heavy atom. The largest absolute Gasteiger partial charge is 0.497 e. The number of nitrogens with one attached hydrogen (secondary N) is 1. The van der Waals surface area contributed by atoms with Gasteiger partial charge < -0.3 is 10.1 Å². The normalized spacial score (nSPS) is 10.9. The fraction of sp³-hybridized carbons (Fsp3) is 0.240. The molecule has 1 N–H and O–H groups in total. The predicted octanol–water partition coefficient (Wildman–Crippen LogP) is 5.41. The van der Waals surface area contributed by atoms with Gasteiger partial charge in [-0.05, 0) is 63.1 Å². The van der Waals surface area contributed by atoms with Crippen molar-refractivity contribution in [2.24, 2.45) is 0 Å². The third-order valence-electron chi connectivity index (χ3n) is 5.43. The van der Waals surface area contributed by atoms with E-state index < -0.39 is 0 Å². The van der Waals surface area contributed by atoms with E-state index in [4.69, 9.17) is 9.84 Å². The second kappa shape index (κ2) is 8.96. The SMILES string of the molecule is COc1ccc(Cc2c(C)nn(-c3nc(C)c(C(=O)Nc4cccc(C)c4)s3)c2C)cc1. The summed E-state index contributed by atoms with van der Waals surface area (Å²) < 4.78 is 7.09. The summed E-state index contributed by atoms with van der Waals surface area (Å²) in [5.74, 6) is 0.685. The lowest BCUT2D eigenvalue weighted by Gasteiger charge is -2.05. The number of amides is 1. The number of hydrogen-bond donors (Lipinski definition) is 1. The molecular weight excluding hydrogens is 420 g/mol. The monoisotopic (exact) mass is 446 g/mol. The summed E-state index contributed by atoms with van der Waals surface area (Å²) in [6.07, 6.45) is 0.771. The third-order valence-corrected chi connectivity index (χ3v) is 6.56. The van der Waals surface area contributed by atoms with Crippen LogP contribution in [0.2, 0.25) is 0 Å². The number of aryl methyl sites for hydroxylation is 3. The number of rotatable bonds is 6. The average Bonchev–Trinajstić information content (AvgIpc) is 3.29. The van der Waals surface area contributed by atoms with Crippen LogP contribution < -0.4 is 10.1 Å². The summed E-state index contributed by atoms with van der Waals surface area (Å²) in [7, 11) is 1.67. The van der Waals surface area contributed by atoms with Crippen LogP contribution in [-0.4, -0.2) is 27.8 Å². The van der Waals surface area contributed by atoms with Crippen LogP contribution in [0.15, 0.2) is 48.5 Å². The highest BCUT2D eigenvalue weighted by atomic mass is 32.1. The zero-order valence-electron chi connectivity index (χ0n) is 18.9. The molecule has 4 rings (SSSR count). The van der Waals surface area contributed by atoms with Crippen LogP contribution in [0.5, 0.6) is 5.75 Å². The lowest BCUT2D eigenvalue weighted by Crippen LogP contribution is -2.11. The molecule has 164 valence electrons. The second-order valence-corrected chi connectivity index (χ2v) is 8.80. The van der Waals surface area contributed by atoms with Gasteiger partial charge in [0.2, 0.25) is 5.13 Å². The van der Waals surface area contributed by atoms with Crippen molar-refractivity contribution in [2.45, 2.75) is 34.1 Å². The molecule has 4 aromatic rings. The van der Waals surface area contributed by atoms with Crippen LogP contribution in [0.3, 0.4) is 0 Å². The highest BCUT2D eigenvalue weighted by Gasteiger charge is 2.20. The summed E-state index contributed by atoms with van der Waals surface area (Å²) in [6.45, 7) is 7.91. The van der Waals surface area contributed by atoms with Gasteiger partial charge >= 0.3 is 0 Å². The van der Waals surface area contributed by atoms with E-state index in [-0.39, 0.29) is 5.91 Å². The maximum atomic E-state index is 12.9. The number of carbonyl (C=O) groups is 1. The maximum Gasteiger partial charge on any atom is 0.267 e. The predicted molar refractivity (Wildman–Crippen MR) is 128 cm³/mol. The van der Waals surface area contributed by atoms with E-state index in [0.717, 1.165) is 40.4 Å². The van der Waals surface area contributed by atoms with Gasteiger partial charge in [-0.15, -0.1) is 0 Å². The molecule has 0 unspecified atom stereocenters. The smallest absolute Gasteiger partial charge is 0.267 e. The van der Waals surface area contributed by atoms with Crippen molar-refractivity contribution in [1.29, 1.82) is 0 Å². The summed E-state index contributed by atoms with van der Waals surface area (Å²) in [6, 6.07) is 15.8. The van der Waals surface area contributed by atoms with Crippen LogP contribution >= 0.6 is 11.3 Å². The first kappa shape index (κ1) is 21.8. The van der Waals surface area contributed by atoms with Gasteiger partial charge in [0, 0.05) is 23.4 Å². The fourth-order valence-corrected chi connectivity index (χ4v) is 4.63. The third kappa shape index (κ3) is 4.43. The van der Waals surface area contributed by atoms with Gasteiger partial charge in [-0.3, -0.25) is 4.79 Å². The Balaban J connectivity index is 1.59. The Morgan fingerprint density at radius 3 is 2.50 bits per heavy atom. The number of aromatic nitrogens is 3. The number of thiazole rings is 1. The first-order chi connectivity index (χ1) is 15.4. The van der Waals surface area contributed by atoms with Crippen LogP contribution in [-0.2, 0) is 6.42 Å². The van der Waals surface area contributed by atoms with Crippen molar-refractivity contribution >= 4 is 22.9 Å². The molecule has 2 aromatic carbocycles. The van der Waals surface area contributed by atoms with E-state index in [1.165, 1.54) is 16.9 Å². The Kier molecular flexibility index (Phi) is 6.10. The first-order valence-electron chi connectivity index (χ1n) is 10.4. The molecule has 0 saturated carbocycles. The number of benzene rings is 2. The minimum Gasteiger partial charge on any atom is -0.497 e. The molecule has 0 spiro atoms. The second-order valence-electron chi connectivity index (χ2n) is 7.82. The minimum absolute atomic E-state index is 0.156. The molecule has 0 aliphatic heterocycles. The average molecular weight is 447 g/mol. The molecule has 2 heterocycles. The van der Waals surface area contributed by atoms with Crippen molar-refractivity contribution in [3.8, 4) is 10.9 Å². The Bertz CT molecular complexity index is 1270. The van der Waals surface area contributed by atoms with Gasteiger partial charge in [0.25, 0.3) is 5.91 Å². The summed E-state index contributed by atoms with van der Waals surface area (Å²) >= 11 is 1.35. The van der Waals surface area contributed by atoms with Crippen LogP contribution in [0.1, 0.15) is 43.4 Å². The standard InChI is InChI=1S/C25H26N4O2S/c1-15-7-6-8-20(13-15)27-24(30)23-17(3)26-25(32-23)29-18(4)22(16(2)28-29)14-19-9-11-21(31-5)12-10-19/h6-13H,14H2,1-5H3,(H,27,30). The van der Waals surface area contributed by atoms with E-state index in [1.54, 1.807) is 7.11 Å². The molecule has 0 aliphatic rings. The topological polar surface area (TPSA) is 69.0 Å². The molecule has 0 saturated heterocycles. The molecule has 0 atom stereocenters. The molecule has 0 bridgehead atoms. The van der Waals surface area contributed by atoms with Crippen LogP contribution in [0.25, 0.3) is 5.13 Å². The Morgan fingerprint density at radius 1 is 1.06 bits per heavy atom. The van der Waals surface area contributed by atoms with Gasteiger partial charge in [0.05, 0.1) is 18.5 Å². The van der Waals surface area contributed by atoms with E-state index in [0.29, 0.717) is 15.7 Å². The van der Waals surface area contributed by atoms with E-state index in [9.17, 15) is 4.79 Å². The van der Waals surface area contributed by atoms with Gasteiger partial charge in [0.15, 0.2) is 0 Å². The number of hydrogen-bond acceptors (Lipinski definition) is 5. The van der Waals surface area contributed by atoms with Crippen molar-refractivity contribution in [1.82, 2.24) is 14.8 Å². The Labute approximate surface area is 191 Å². The number of anilines is 1.